The smallest absolute Gasteiger partial charge is 0.214 e. The van der Waals surface area contributed by atoms with Crippen molar-refractivity contribution in [2.45, 2.75) is 6.42 Å². The molecule has 0 aliphatic carbocycles. The summed E-state index contributed by atoms with van der Waals surface area (Å²) in [6.45, 7) is 0.761. The van der Waals surface area contributed by atoms with Crippen LogP contribution in [-0.2, 0) is 11.2 Å². The van der Waals surface area contributed by atoms with Crippen LogP contribution in [0.25, 0.3) is 22.0 Å². The zero-order valence-electron chi connectivity index (χ0n) is 11.5. The molecule has 2 aromatic carbocycles. The molecule has 1 aliphatic heterocycles. The minimum Gasteiger partial charge on any atom is -0.314 e. The van der Waals surface area contributed by atoms with E-state index in [0.29, 0.717) is 0 Å². The second-order valence-corrected chi connectivity index (χ2v) is 5.27. The number of benzene rings is 2. The second-order valence-electron chi connectivity index (χ2n) is 5.27. The van der Waals surface area contributed by atoms with Gasteiger partial charge in [0.05, 0.1) is 5.52 Å². The highest BCUT2D eigenvalue weighted by molar-refractivity contribution is 5.88. The molecule has 3 nitrogen and oxygen atoms in total. The molecular formula is C18H14N2O. The van der Waals surface area contributed by atoms with Gasteiger partial charge in [0, 0.05) is 29.4 Å². The van der Waals surface area contributed by atoms with Crippen molar-refractivity contribution in [2.75, 3.05) is 11.4 Å². The Morgan fingerprint density at radius 2 is 2.00 bits per heavy atom. The van der Waals surface area contributed by atoms with Crippen molar-refractivity contribution < 1.29 is 4.79 Å². The van der Waals surface area contributed by atoms with E-state index in [1.807, 2.05) is 36.5 Å². The maximum Gasteiger partial charge on any atom is 0.214 e. The number of hydrogen-bond acceptors (Lipinski definition) is 2. The molecule has 0 fully saturated rings. The summed E-state index contributed by atoms with van der Waals surface area (Å²) >= 11 is 0. The zero-order valence-corrected chi connectivity index (χ0v) is 11.5. The lowest BCUT2D eigenvalue weighted by Gasteiger charge is -2.12. The third-order valence-electron chi connectivity index (χ3n) is 4.09. The Labute approximate surface area is 122 Å². The zero-order chi connectivity index (χ0) is 14.2. The molecule has 1 aliphatic rings. The van der Waals surface area contributed by atoms with E-state index in [1.165, 1.54) is 11.1 Å². The van der Waals surface area contributed by atoms with E-state index in [2.05, 4.69) is 23.2 Å². The van der Waals surface area contributed by atoms with E-state index < -0.39 is 0 Å². The van der Waals surface area contributed by atoms with E-state index in [4.69, 9.17) is 0 Å². The molecule has 2 heterocycles. The summed E-state index contributed by atoms with van der Waals surface area (Å²) in [7, 11) is 0. The number of nitrogens with zero attached hydrogens (tertiary/aromatic N) is 2. The predicted octanol–water partition coefficient (Wildman–Crippen LogP) is 3.42. The van der Waals surface area contributed by atoms with Gasteiger partial charge in [-0.25, -0.2) is 0 Å². The van der Waals surface area contributed by atoms with Crippen molar-refractivity contribution in [3.05, 3.63) is 60.3 Å². The number of pyridine rings is 1. The lowest BCUT2D eigenvalue weighted by Crippen LogP contribution is -2.17. The first-order valence-corrected chi connectivity index (χ1v) is 7.06. The maximum absolute atomic E-state index is 11.1. The van der Waals surface area contributed by atoms with Crippen molar-refractivity contribution in [1.82, 2.24) is 4.98 Å². The van der Waals surface area contributed by atoms with Crippen LogP contribution < -0.4 is 4.90 Å². The van der Waals surface area contributed by atoms with Crippen molar-refractivity contribution >= 4 is 23.0 Å². The standard InChI is InChI=1S/C18H14N2O/c21-12-20-9-8-16-15(5-3-7-18(16)20)14-10-13-4-1-2-6-17(13)19-11-14/h1-7,10-12H,8-9H2. The SMILES string of the molecule is O=CN1CCc2c(-c3cnc4ccccc4c3)cccc21. The molecule has 21 heavy (non-hydrogen) atoms. The van der Waals surface area contributed by atoms with Gasteiger partial charge in [-0.3, -0.25) is 9.78 Å². The Balaban J connectivity index is 1.89. The average Bonchev–Trinajstić information content (AvgIpc) is 2.97. The molecule has 1 aromatic heterocycles. The van der Waals surface area contributed by atoms with Crippen LogP contribution in [0, 0.1) is 0 Å². The van der Waals surface area contributed by atoms with Gasteiger partial charge in [-0.2, -0.15) is 0 Å². The Hall–Kier alpha value is -2.68. The van der Waals surface area contributed by atoms with Crippen LogP contribution >= 0.6 is 0 Å². The van der Waals surface area contributed by atoms with Crippen molar-refractivity contribution in [3.63, 3.8) is 0 Å². The summed E-state index contributed by atoms with van der Waals surface area (Å²) in [5.41, 5.74) is 5.55. The molecule has 0 saturated carbocycles. The summed E-state index contributed by atoms with van der Waals surface area (Å²) in [5, 5.41) is 1.14. The number of para-hydroxylation sites is 1. The van der Waals surface area contributed by atoms with Gasteiger partial charge in [0.1, 0.15) is 0 Å². The molecule has 0 radical (unpaired) electrons. The van der Waals surface area contributed by atoms with Gasteiger partial charge in [-0.05, 0) is 35.7 Å². The highest BCUT2D eigenvalue weighted by Crippen LogP contribution is 2.35. The van der Waals surface area contributed by atoms with Gasteiger partial charge in [-0.1, -0.05) is 30.3 Å². The number of fused-ring (bicyclic) bond motifs is 2. The highest BCUT2D eigenvalue weighted by atomic mass is 16.1. The molecule has 4 rings (SSSR count). The molecule has 0 atom stereocenters. The molecule has 0 saturated heterocycles. The highest BCUT2D eigenvalue weighted by Gasteiger charge is 2.21. The second kappa shape index (κ2) is 4.70. The van der Waals surface area contributed by atoms with Crippen LogP contribution in [-0.4, -0.2) is 17.9 Å². The maximum atomic E-state index is 11.1. The first-order valence-electron chi connectivity index (χ1n) is 7.06. The monoisotopic (exact) mass is 274 g/mol. The lowest BCUT2D eigenvalue weighted by atomic mass is 9.98. The van der Waals surface area contributed by atoms with E-state index in [0.717, 1.165) is 41.5 Å². The predicted molar refractivity (Wildman–Crippen MR) is 84.3 cm³/mol. The number of aromatic nitrogens is 1. The van der Waals surface area contributed by atoms with E-state index >= 15 is 0 Å². The average molecular weight is 274 g/mol. The summed E-state index contributed by atoms with van der Waals surface area (Å²) in [6, 6.07) is 16.4. The molecule has 0 spiro atoms. The van der Waals surface area contributed by atoms with E-state index in [9.17, 15) is 4.79 Å². The quantitative estimate of drug-likeness (QED) is 0.671. The van der Waals surface area contributed by atoms with Gasteiger partial charge < -0.3 is 4.90 Å². The molecule has 0 bridgehead atoms. The van der Waals surface area contributed by atoms with Crippen LogP contribution in [0.3, 0.4) is 0 Å². The first-order chi connectivity index (χ1) is 10.4. The van der Waals surface area contributed by atoms with Crippen LogP contribution in [0.5, 0.6) is 0 Å². The number of anilines is 1. The summed E-state index contributed by atoms with van der Waals surface area (Å²) in [4.78, 5) is 17.4. The minimum absolute atomic E-state index is 0.761. The normalized spacial score (nSPS) is 13.4. The van der Waals surface area contributed by atoms with Crippen LogP contribution in [0.4, 0.5) is 5.69 Å². The summed E-state index contributed by atoms with van der Waals surface area (Å²) in [6.07, 6.45) is 3.73. The fourth-order valence-corrected chi connectivity index (χ4v) is 3.06. The lowest BCUT2D eigenvalue weighted by molar-refractivity contribution is -0.107. The molecular weight excluding hydrogens is 260 g/mol. The van der Waals surface area contributed by atoms with Crippen molar-refractivity contribution in [3.8, 4) is 11.1 Å². The van der Waals surface area contributed by atoms with Gasteiger partial charge in [0.15, 0.2) is 0 Å². The van der Waals surface area contributed by atoms with E-state index in [1.54, 1.807) is 4.90 Å². The third-order valence-corrected chi connectivity index (χ3v) is 4.09. The first kappa shape index (κ1) is 12.1. The summed E-state index contributed by atoms with van der Waals surface area (Å²) in [5.74, 6) is 0. The topological polar surface area (TPSA) is 33.2 Å². The fraction of sp³-hybridized carbons (Fsp3) is 0.111. The van der Waals surface area contributed by atoms with Crippen LogP contribution in [0.15, 0.2) is 54.7 Å². The minimum atomic E-state index is 0.761. The van der Waals surface area contributed by atoms with Gasteiger partial charge >= 0.3 is 0 Å². The number of carbonyl (C=O) groups excluding carboxylic acids is 1. The molecule has 3 heteroatoms. The van der Waals surface area contributed by atoms with Gasteiger partial charge in [-0.15, -0.1) is 0 Å². The Bertz CT molecular complexity index is 841. The molecule has 1 amide bonds. The van der Waals surface area contributed by atoms with Gasteiger partial charge in [0.2, 0.25) is 6.41 Å². The number of hydrogen-bond donors (Lipinski definition) is 0. The van der Waals surface area contributed by atoms with E-state index in [-0.39, 0.29) is 0 Å². The number of rotatable bonds is 2. The Kier molecular flexibility index (Phi) is 2.71. The number of carbonyl (C=O) groups is 1. The Morgan fingerprint density at radius 3 is 2.90 bits per heavy atom. The largest absolute Gasteiger partial charge is 0.314 e. The van der Waals surface area contributed by atoms with Crippen molar-refractivity contribution in [1.29, 1.82) is 0 Å². The molecule has 102 valence electrons. The molecule has 3 aromatic rings. The fourth-order valence-electron chi connectivity index (χ4n) is 3.06. The number of amides is 1. The van der Waals surface area contributed by atoms with Gasteiger partial charge in [0.25, 0.3) is 0 Å². The summed E-state index contributed by atoms with van der Waals surface area (Å²) < 4.78 is 0. The molecule has 0 unspecified atom stereocenters. The third kappa shape index (κ3) is 1.89. The van der Waals surface area contributed by atoms with Crippen LogP contribution in [0.2, 0.25) is 0 Å². The Morgan fingerprint density at radius 1 is 1.10 bits per heavy atom. The van der Waals surface area contributed by atoms with Crippen LogP contribution in [0.1, 0.15) is 5.56 Å². The van der Waals surface area contributed by atoms with Crippen molar-refractivity contribution in [2.24, 2.45) is 0 Å². The molecule has 0 N–H and O–H groups in total.